The number of nitrogens with one attached hydrogen (secondary N) is 2. The summed E-state index contributed by atoms with van der Waals surface area (Å²) in [6.45, 7) is 11.0. The number of nitrogens with zero attached hydrogens (tertiary/aromatic N) is 1. The Bertz CT molecular complexity index is 780. The lowest BCUT2D eigenvalue weighted by atomic mass is 9.70. The van der Waals surface area contributed by atoms with E-state index in [0.717, 1.165) is 6.42 Å². The van der Waals surface area contributed by atoms with Gasteiger partial charge in [0.15, 0.2) is 0 Å². The third-order valence-electron chi connectivity index (χ3n) is 5.73. The minimum Gasteiger partial charge on any atom is -0.465 e. The van der Waals surface area contributed by atoms with Crippen molar-refractivity contribution >= 4 is 29.5 Å². The van der Waals surface area contributed by atoms with E-state index in [1.165, 1.54) is 5.56 Å². The first-order chi connectivity index (χ1) is 14.5. The first-order valence-corrected chi connectivity index (χ1v) is 11.2. The predicted octanol–water partition coefficient (Wildman–Crippen LogP) is 3.57. The Kier molecular flexibility index (Phi) is 8.74. The van der Waals surface area contributed by atoms with Gasteiger partial charge in [0.1, 0.15) is 12.6 Å². The van der Waals surface area contributed by atoms with E-state index in [-0.39, 0.29) is 30.4 Å². The van der Waals surface area contributed by atoms with Gasteiger partial charge in [-0.15, -0.1) is 0 Å². The Labute approximate surface area is 189 Å². The van der Waals surface area contributed by atoms with Gasteiger partial charge in [0.05, 0.1) is 6.61 Å². The summed E-state index contributed by atoms with van der Waals surface area (Å²) in [5.74, 6) is -0.412. The SMILES string of the molecule is CCOC(=O)CNC(=O)N[C@@H](C(=O)N1CCC(c2ccc(Cl)cc2)C(C)(C)C1)C(C)C. The highest BCUT2D eigenvalue weighted by Crippen LogP contribution is 2.42. The lowest BCUT2D eigenvalue weighted by Crippen LogP contribution is -2.57. The maximum absolute atomic E-state index is 13.3. The number of benzene rings is 1. The van der Waals surface area contributed by atoms with Gasteiger partial charge in [-0.05, 0) is 48.3 Å². The van der Waals surface area contributed by atoms with Crippen molar-refractivity contribution in [3.8, 4) is 0 Å². The van der Waals surface area contributed by atoms with Crippen LogP contribution in [-0.2, 0) is 14.3 Å². The second-order valence-electron chi connectivity index (χ2n) is 8.99. The third kappa shape index (κ3) is 6.86. The van der Waals surface area contributed by atoms with Crippen LogP contribution in [0.5, 0.6) is 0 Å². The fraction of sp³-hybridized carbons (Fsp3) is 0.609. The molecule has 172 valence electrons. The molecule has 0 aliphatic carbocycles. The van der Waals surface area contributed by atoms with E-state index in [1.807, 2.05) is 30.9 Å². The van der Waals surface area contributed by atoms with Crippen LogP contribution < -0.4 is 10.6 Å². The van der Waals surface area contributed by atoms with Crippen molar-refractivity contribution < 1.29 is 19.1 Å². The Hall–Kier alpha value is -2.28. The van der Waals surface area contributed by atoms with Gasteiger partial charge >= 0.3 is 12.0 Å². The summed E-state index contributed by atoms with van der Waals surface area (Å²) in [5.41, 5.74) is 1.09. The molecule has 8 heteroatoms. The van der Waals surface area contributed by atoms with Crippen molar-refractivity contribution in [1.29, 1.82) is 0 Å². The summed E-state index contributed by atoms with van der Waals surface area (Å²) in [4.78, 5) is 38.8. The largest absolute Gasteiger partial charge is 0.465 e. The van der Waals surface area contributed by atoms with Crippen LogP contribution >= 0.6 is 11.6 Å². The van der Waals surface area contributed by atoms with E-state index >= 15 is 0 Å². The van der Waals surface area contributed by atoms with Crippen LogP contribution in [0.1, 0.15) is 52.5 Å². The highest BCUT2D eigenvalue weighted by molar-refractivity contribution is 6.30. The highest BCUT2D eigenvalue weighted by Gasteiger charge is 2.40. The van der Waals surface area contributed by atoms with E-state index in [0.29, 0.717) is 24.0 Å². The molecule has 2 rings (SSSR count). The van der Waals surface area contributed by atoms with Crippen molar-refractivity contribution in [3.05, 3.63) is 34.9 Å². The van der Waals surface area contributed by atoms with Crippen LogP contribution in [0.2, 0.25) is 5.02 Å². The predicted molar refractivity (Wildman–Crippen MR) is 121 cm³/mol. The molecule has 7 nitrogen and oxygen atoms in total. The van der Waals surface area contributed by atoms with Crippen LogP contribution in [0.4, 0.5) is 4.79 Å². The van der Waals surface area contributed by atoms with E-state index in [4.69, 9.17) is 16.3 Å². The first-order valence-electron chi connectivity index (χ1n) is 10.8. The molecule has 1 unspecified atom stereocenters. The molecule has 1 aromatic carbocycles. The van der Waals surface area contributed by atoms with E-state index in [9.17, 15) is 14.4 Å². The summed E-state index contributed by atoms with van der Waals surface area (Å²) < 4.78 is 4.80. The standard InChI is InChI=1S/C23H34ClN3O4/c1-6-31-19(28)13-25-22(30)26-20(15(2)3)21(29)27-12-11-18(23(4,5)14-27)16-7-9-17(24)10-8-16/h7-10,15,18,20H,6,11-14H2,1-5H3,(H2,25,26,30)/t18?,20-/m1/s1. The lowest BCUT2D eigenvalue weighted by molar-refractivity contribution is -0.141. The first kappa shape index (κ1) is 25.0. The molecule has 1 aromatic rings. The molecule has 1 aliphatic heterocycles. The summed E-state index contributed by atoms with van der Waals surface area (Å²) in [7, 11) is 0. The van der Waals surface area contributed by atoms with Gasteiger partial charge in [-0.1, -0.05) is 51.4 Å². The molecule has 3 amide bonds. The van der Waals surface area contributed by atoms with Gasteiger partial charge in [-0.2, -0.15) is 0 Å². The molecule has 1 aliphatic rings. The van der Waals surface area contributed by atoms with Gasteiger partial charge in [0.2, 0.25) is 5.91 Å². The van der Waals surface area contributed by atoms with E-state index < -0.39 is 18.0 Å². The summed E-state index contributed by atoms with van der Waals surface area (Å²) in [5, 5.41) is 5.89. The maximum Gasteiger partial charge on any atom is 0.325 e. The Balaban J connectivity index is 2.02. The van der Waals surface area contributed by atoms with Crippen LogP contribution in [0.15, 0.2) is 24.3 Å². The summed E-state index contributed by atoms with van der Waals surface area (Å²) >= 11 is 6.03. The van der Waals surface area contributed by atoms with Crippen LogP contribution in [0, 0.1) is 11.3 Å². The second-order valence-corrected chi connectivity index (χ2v) is 9.43. The maximum atomic E-state index is 13.3. The molecule has 1 saturated heterocycles. The van der Waals surface area contributed by atoms with Crippen molar-refractivity contribution in [2.24, 2.45) is 11.3 Å². The van der Waals surface area contributed by atoms with Crippen molar-refractivity contribution in [3.63, 3.8) is 0 Å². The fourth-order valence-corrected chi connectivity index (χ4v) is 4.25. The number of ether oxygens (including phenoxy) is 1. The number of hydrogen-bond acceptors (Lipinski definition) is 4. The molecule has 0 aromatic heterocycles. The van der Waals surface area contributed by atoms with Gasteiger partial charge in [0.25, 0.3) is 0 Å². The lowest BCUT2D eigenvalue weighted by Gasteiger charge is -2.45. The quantitative estimate of drug-likeness (QED) is 0.620. The number of hydrogen-bond donors (Lipinski definition) is 2. The molecule has 1 heterocycles. The average Bonchev–Trinajstić information content (AvgIpc) is 2.70. The number of carbonyl (C=O) groups excluding carboxylic acids is 3. The highest BCUT2D eigenvalue weighted by atomic mass is 35.5. The third-order valence-corrected chi connectivity index (χ3v) is 5.98. The van der Waals surface area contributed by atoms with Crippen molar-refractivity contribution in [2.45, 2.75) is 53.0 Å². The zero-order chi connectivity index (χ0) is 23.2. The number of carbonyl (C=O) groups is 3. The topological polar surface area (TPSA) is 87.7 Å². The Morgan fingerprint density at radius 3 is 2.42 bits per heavy atom. The van der Waals surface area contributed by atoms with Crippen LogP contribution in [0.3, 0.4) is 0 Å². The summed E-state index contributed by atoms with van der Waals surface area (Å²) in [6.07, 6.45) is 0.834. The fourth-order valence-electron chi connectivity index (χ4n) is 4.12. The molecule has 1 fully saturated rings. The number of urea groups is 1. The zero-order valence-electron chi connectivity index (χ0n) is 19.0. The second kappa shape index (κ2) is 10.8. The number of halogens is 1. The molecule has 31 heavy (non-hydrogen) atoms. The number of piperidine rings is 1. The minimum absolute atomic E-state index is 0.0991. The van der Waals surface area contributed by atoms with Crippen LogP contribution in [-0.4, -0.2) is 55.1 Å². The molecule has 0 bridgehead atoms. The molecule has 2 N–H and O–H groups in total. The summed E-state index contributed by atoms with van der Waals surface area (Å²) in [6, 6.07) is 6.67. The number of amides is 3. The zero-order valence-corrected chi connectivity index (χ0v) is 19.8. The van der Waals surface area contributed by atoms with Crippen molar-refractivity contribution in [1.82, 2.24) is 15.5 Å². The van der Waals surface area contributed by atoms with Crippen molar-refractivity contribution in [2.75, 3.05) is 26.2 Å². The smallest absolute Gasteiger partial charge is 0.325 e. The van der Waals surface area contributed by atoms with Gasteiger partial charge in [0, 0.05) is 18.1 Å². The van der Waals surface area contributed by atoms with Gasteiger partial charge in [-0.3, -0.25) is 9.59 Å². The number of esters is 1. The van der Waals surface area contributed by atoms with E-state index in [2.05, 4.69) is 36.6 Å². The molecule has 0 saturated carbocycles. The molecule has 0 spiro atoms. The van der Waals surface area contributed by atoms with Crippen LogP contribution in [0.25, 0.3) is 0 Å². The molecule has 0 radical (unpaired) electrons. The monoisotopic (exact) mass is 451 g/mol. The van der Waals surface area contributed by atoms with Gasteiger partial charge in [-0.25, -0.2) is 4.79 Å². The van der Waals surface area contributed by atoms with E-state index in [1.54, 1.807) is 6.92 Å². The Morgan fingerprint density at radius 1 is 1.23 bits per heavy atom. The molecular formula is C23H34ClN3O4. The molecule has 2 atom stereocenters. The molecular weight excluding hydrogens is 418 g/mol. The Morgan fingerprint density at radius 2 is 1.87 bits per heavy atom. The normalized spacial score (nSPS) is 18.9. The number of rotatable bonds is 7. The minimum atomic E-state index is -0.676. The van der Waals surface area contributed by atoms with Gasteiger partial charge < -0.3 is 20.3 Å². The number of likely N-dealkylation sites (tertiary alicyclic amines) is 1. The average molecular weight is 452 g/mol.